The first-order chi connectivity index (χ1) is 11.6. The fraction of sp³-hybridized carbons (Fsp3) is 0.632. The second-order valence-electron chi connectivity index (χ2n) is 6.07. The van der Waals surface area contributed by atoms with E-state index < -0.39 is 5.24 Å². The molecule has 0 saturated carbocycles. The maximum absolute atomic E-state index is 11.1. The monoisotopic (exact) mass is 392 g/mol. The summed E-state index contributed by atoms with van der Waals surface area (Å²) >= 11 is 17.6. The Bertz CT molecular complexity index is 480. The van der Waals surface area contributed by atoms with Crippen LogP contribution in [0.3, 0.4) is 0 Å². The number of hydrogen-bond acceptors (Lipinski definition) is 2. The van der Waals surface area contributed by atoms with Gasteiger partial charge in [-0.3, -0.25) is 4.79 Å². The normalized spacial score (nSPS) is 10.8. The third kappa shape index (κ3) is 8.60. The first-order valence-corrected chi connectivity index (χ1v) is 10.0. The zero-order valence-corrected chi connectivity index (χ0v) is 16.7. The average molecular weight is 394 g/mol. The number of rotatable bonds is 13. The van der Waals surface area contributed by atoms with Crippen molar-refractivity contribution in [3.8, 4) is 5.75 Å². The summed E-state index contributed by atoms with van der Waals surface area (Å²) in [5, 5.41) is 0.0530. The van der Waals surface area contributed by atoms with Crippen LogP contribution < -0.4 is 4.74 Å². The highest BCUT2D eigenvalue weighted by Gasteiger charge is 2.12. The van der Waals surface area contributed by atoms with E-state index in [0.29, 0.717) is 22.4 Å². The second kappa shape index (κ2) is 12.9. The lowest BCUT2D eigenvalue weighted by molar-refractivity contribution is 0.108. The topological polar surface area (TPSA) is 26.3 Å². The molecule has 0 atom stereocenters. The Kier molecular flexibility index (Phi) is 11.6. The van der Waals surface area contributed by atoms with E-state index in [9.17, 15) is 4.79 Å². The van der Waals surface area contributed by atoms with Crippen molar-refractivity contribution < 1.29 is 9.53 Å². The van der Waals surface area contributed by atoms with Crippen molar-refractivity contribution in [1.82, 2.24) is 0 Å². The summed E-state index contributed by atoms with van der Waals surface area (Å²) in [4.78, 5) is 11.1. The summed E-state index contributed by atoms with van der Waals surface area (Å²) in [6, 6.07) is 2.97. The predicted molar refractivity (Wildman–Crippen MR) is 104 cm³/mol. The molecule has 0 aliphatic rings. The van der Waals surface area contributed by atoms with Gasteiger partial charge in [0.15, 0.2) is 5.75 Å². The first-order valence-electron chi connectivity index (χ1n) is 8.88. The maximum Gasteiger partial charge on any atom is 0.252 e. The lowest BCUT2D eigenvalue weighted by Crippen LogP contribution is -2.00. The maximum atomic E-state index is 11.1. The van der Waals surface area contributed by atoms with Crippen molar-refractivity contribution in [2.45, 2.75) is 71.1 Å². The van der Waals surface area contributed by atoms with Gasteiger partial charge in [-0.05, 0) is 30.2 Å². The van der Waals surface area contributed by atoms with Crippen LogP contribution in [0.15, 0.2) is 12.1 Å². The van der Waals surface area contributed by atoms with Crippen LogP contribution in [0, 0.1) is 0 Å². The Hall–Kier alpha value is -0.440. The van der Waals surface area contributed by atoms with Gasteiger partial charge in [-0.1, -0.05) is 87.9 Å². The molecule has 0 fully saturated rings. The zero-order valence-electron chi connectivity index (χ0n) is 14.4. The van der Waals surface area contributed by atoms with Crippen molar-refractivity contribution >= 4 is 40.0 Å². The highest BCUT2D eigenvalue weighted by molar-refractivity contribution is 6.68. The van der Waals surface area contributed by atoms with E-state index in [1.807, 2.05) is 0 Å². The Balaban J connectivity index is 2.14. The Morgan fingerprint density at radius 2 is 1.33 bits per heavy atom. The van der Waals surface area contributed by atoms with E-state index in [4.69, 9.17) is 39.5 Å². The smallest absolute Gasteiger partial charge is 0.252 e. The van der Waals surface area contributed by atoms with E-state index in [2.05, 4.69) is 6.92 Å². The highest BCUT2D eigenvalue weighted by atomic mass is 35.5. The minimum atomic E-state index is -0.583. The van der Waals surface area contributed by atoms with Crippen molar-refractivity contribution in [2.24, 2.45) is 0 Å². The zero-order chi connectivity index (χ0) is 17.8. The molecule has 0 aromatic heterocycles. The quantitative estimate of drug-likeness (QED) is 0.254. The second-order valence-corrected chi connectivity index (χ2v) is 7.23. The number of carbonyl (C=O) groups excluding carboxylic acids is 1. The van der Waals surface area contributed by atoms with Crippen LogP contribution in [0.5, 0.6) is 5.75 Å². The summed E-state index contributed by atoms with van der Waals surface area (Å²) < 4.78 is 5.66. The fourth-order valence-electron chi connectivity index (χ4n) is 2.57. The van der Waals surface area contributed by atoms with Crippen molar-refractivity contribution in [2.75, 3.05) is 6.61 Å². The summed E-state index contributed by atoms with van der Waals surface area (Å²) in [6.07, 6.45) is 12.7. The predicted octanol–water partition coefficient (Wildman–Crippen LogP) is 7.67. The third-order valence-corrected chi connectivity index (χ3v) is 4.75. The Labute approximate surface area is 160 Å². The highest BCUT2D eigenvalue weighted by Crippen LogP contribution is 2.34. The largest absolute Gasteiger partial charge is 0.490 e. The van der Waals surface area contributed by atoms with Gasteiger partial charge >= 0.3 is 0 Å². The molecule has 0 heterocycles. The van der Waals surface area contributed by atoms with Crippen molar-refractivity contribution in [1.29, 1.82) is 0 Å². The molecule has 2 nitrogen and oxygen atoms in total. The Morgan fingerprint density at radius 3 is 1.79 bits per heavy atom. The molecule has 5 heteroatoms. The molecular weight excluding hydrogens is 367 g/mol. The SMILES string of the molecule is CCCCCCCCCCCCOc1c(Cl)cc(C(=O)Cl)cc1Cl. The molecule has 0 amide bonds. The lowest BCUT2D eigenvalue weighted by atomic mass is 10.1. The molecule has 0 aliphatic carbocycles. The number of carbonyl (C=O) groups is 1. The van der Waals surface area contributed by atoms with Gasteiger partial charge in [0, 0.05) is 5.56 Å². The van der Waals surface area contributed by atoms with Crippen molar-refractivity contribution in [3.63, 3.8) is 0 Å². The molecule has 1 aromatic rings. The van der Waals surface area contributed by atoms with E-state index >= 15 is 0 Å². The summed E-state index contributed by atoms with van der Waals surface area (Å²) in [5.41, 5.74) is 0.276. The van der Waals surface area contributed by atoms with Gasteiger partial charge in [0.25, 0.3) is 5.24 Å². The van der Waals surface area contributed by atoms with E-state index in [0.717, 1.165) is 12.8 Å². The first kappa shape index (κ1) is 21.6. The van der Waals surface area contributed by atoms with Crippen LogP contribution in [0.25, 0.3) is 0 Å². The third-order valence-electron chi connectivity index (χ3n) is 3.97. The van der Waals surface area contributed by atoms with Gasteiger partial charge in [-0.25, -0.2) is 0 Å². The van der Waals surface area contributed by atoms with Gasteiger partial charge in [0.05, 0.1) is 16.7 Å². The molecule has 136 valence electrons. The standard InChI is InChI=1S/C19H27Cl3O2/c1-2-3-4-5-6-7-8-9-10-11-12-24-18-16(20)13-15(19(22)23)14-17(18)21/h13-14H,2-12H2,1H3. The van der Waals surface area contributed by atoms with E-state index in [-0.39, 0.29) is 5.56 Å². The van der Waals surface area contributed by atoms with Gasteiger partial charge in [0.2, 0.25) is 0 Å². The minimum Gasteiger partial charge on any atom is -0.490 e. The lowest BCUT2D eigenvalue weighted by Gasteiger charge is -2.10. The molecule has 0 N–H and O–H groups in total. The summed E-state index contributed by atoms with van der Waals surface area (Å²) in [7, 11) is 0. The van der Waals surface area contributed by atoms with Gasteiger partial charge < -0.3 is 4.74 Å². The number of halogens is 3. The van der Waals surface area contributed by atoms with Crippen LogP contribution in [-0.2, 0) is 0 Å². The number of hydrogen-bond donors (Lipinski definition) is 0. The molecule has 0 spiro atoms. The van der Waals surface area contributed by atoms with E-state index in [1.54, 1.807) is 0 Å². The molecule has 0 bridgehead atoms. The van der Waals surface area contributed by atoms with Crippen LogP contribution in [-0.4, -0.2) is 11.8 Å². The Morgan fingerprint density at radius 1 is 0.875 bits per heavy atom. The molecule has 1 rings (SSSR count). The van der Waals surface area contributed by atoms with E-state index in [1.165, 1.54) is 63.5 Å². The van der Waals surface area contributed by atoms with Crippen molar-refractivity contribution in [3.05, 3.63) is 27.7 Å². The van der Waals surface area contributed by atoms with Gasteiger partial charge in [-0.15, -0.1) is 0 Å². The number of benzene rings is 1. The molecule has 0 saturated heterocycles. The molecule has 0 unspecified atom stereocenters. The molecule has 1 aromatic carbocycles. The fourth-order valence-corrected chi connectivity index (χ4v) is 3.28. The van der Waals surface area contributed by atoms with Crippen LogP contribution in [0.4, 0.5) is 0 Å². The van der Waals surface area contributed by atoms with Crippen LogP contribution in [0.1, 0.15) is 81.5 Å². The summed E-state index contributed by atoms with van der Waals surface area (Å²) in [6.45, 7) is 2.82. The number of ether oxygens (including phenoxy) is 1. The summed E-state index contributed by atoms with van der Waals surface area (Å²) in [5.74, 6) is 0.427. The minimum absolute atomic E-state index is 0.276. The molecule has 0 aliphatic heterocycles. The van der Waals surface area contributed by atoms with Gasteiger partial charge in [-0.2, -0.15) is 0 Å². The molecule has 24 heavy (non-hydrogen) atoms. The van der Waals surface area contributed by atoms with Crippen LogP contribution in [0.2, 0.25) is 10.0 Å². The average Bonchev–Trinajstić information content (AvgIpc) is 2.54. The van der Waals surface area contributed by atoms with Gasteiger partial charge in [0.1, 0.15) is 0 Å². The molecular formula is C19H27Cl3O2. The molecule has 0 radical (unpaired) electrons. The number of unbranched alkanes of at least 4 members (excludes halogenated alkanes) is 9. The van der Waals surface area contributed by atoms with Crippen LogP contribution >= 0.6 is 34.8 Å².